The summed E-state index contributed by atoms with van der Waals surface area (Å²) in [6.45, 7) is 10.7. The second kappa shape index (κ2) is 7.17. The van der Waals surface area contributed by atoms with E-state index in [0.717, 1.165) is 32.4 Å². The summed E-state index contributed by atoms with van der Waals surface area (Å²) >= 11 is 3.70. The van der Waals surface area contributed by atoms with E-state index in [0.29, 0.717) is 6.04 Å². The van der Waals surface area contributed by atoms with Gasteiger partial charge in [0.25, 0.3) is 0 Å². The van der Waals surface area contributed by atoms with E-state index in [4.69, 9.17) is 0 Å². The van der Waals surface area contributed by atoms with Crippen molar-refractivity contribution in [3.8, 4) is 0 Å². The lowest BCUT2D eigenvalue weighted by Crippen LogP contribution is -2.31. The van der Waals surface area contributed by atoms with Gasteiger partial charge >= 0.3 is 0 Å². The zero-order valence-electron chi connectivity index (χ0n) is 11.4. The van der Waals surface area contributed by atoms with E-state index in [1.54, 1.807) is 0 Å². The molecule has 4 heteroatoms. The maximum Gasteiger partial charge on any atom is 0.0766 e. The van der Waals surface area contributed by atoms with E-state index in [1.807, 2.05) is 0 Å². The van der Waals surface area contributed by atoms with E-state index in [1.165, 1.54) is 15.9 Å². The molecule has 0 aliphatic carbocycles. The third kappa shape index (κ3) is 3.55. The first kappa shape index (κ1) is 14.7. The van der Waals surface area contributed by atoms with Gasteiger partial charge in [0.05, 0.1) is 15.9 Å². The fraction of sp³-hybridized carbons (Fsp3) is 0.769. The lowest BCUT2D eigenvalue weighted by molar-refractivity contribution is 0.486. The number of likely N-dealkylation sites (N-methyl/N-ethyl adjacent to an activating group) is 1. The molecule has 1 heterocycles. The van der Waals surface area contributed by atoms with Crippen LogP contribution >= 0.6 is 15.9 Å². The fourth-order valence-electron chi connectivity index (χ4n) is 2.10. The summed E-state index contributed by atoms with van der Waals surface area (Å²) in [5.74, 6) is 0. The molecule has 1 aromatic rings. The maximum atomic E-state index is 4.64. The first-order valence-corrected chi connectivity index (χ1v) is 7.44. The predicted molar refractivity (Wildman–Crippen MR) is 76.4 cm³/mol. The Morgan fingerprint density at radius 3 is 2.47 bits per heavy atom. The molecule has 0 fully saturated rings. The van der Waals surface area contributed by atoms with E-state index < -0.39 is 0 Å². The third-order valence-corrected chi connectivity index (χ3v) is 4.03. The highest BCUT2D eigenvalue weighted by Gasteiger charge is 2.16. The normalized spacial score (nSPS) is 13.0. The minimum absolute atomic E-state index is 0.544. The molecule has 1 aromatic heterocycles. The number of hydrogen-bond acceptors (Lipinski definition) is 2. The monoisotopic (exact) mass is 301 g/mol. The predicted octanol–water partition coefficient (Wildman–Crippen LogP) is 3.16. The number of hydrogen-bond donors (Lipinski definition) is 1. The molecule has 1 N–H and O–H groups in total. The van der Waals surface area contributed by atoms with Gasteiger partial charge in [0.1, 0.15) is 0 Å². The largest absolute Gasteiger partial charge is 0.314 e. The second-order valence-electron chi connectivity index (χ2n) is 4.24. The molecule has 3 nitrogen and oxygen atoms in total. The van der Waals surface area contributed by atoms with Crippen LogP contribution in [0.2, 0.25) is 0 Å². The van der Waals surface area contributed by atoms with Crippen molar-refractivity contribution in [1.82, 2.24) is 15.1 Å². The lowest BCUT2D eigenvalue weighted by atomic mass is 10.1. The summed E-state index contributed by atoms with van der Waals surface area (Å²) in [5.41, 5.74) is 2.50. The van der Waals surface area contributed by atoms with Crippen molar-refractivity contribution < 1.29 is 0 Å². The second-order valence-corrected chi connectivity index (χ2v) is 5.04. The van der Waals surface area contributed by atoms with E-state index >= 15 is 0 Å². The smallest absolute Gasteiger partial charge is 0.0766 e. The SMILES string of the molecule is CCNC(CC)Cc1c(Br)c(CC)nn1CC. The van der Waals surface area contributed by atoms with Crippen molar-refractivity contribution in [3.05, 3.63) is 15.9 Å². The van der Waals surface area contributed by atoms with Gasteiger partial charge in [-0.3, -0.25) is 4.68 Å². The van der Waals surface area contributed by atoms with Crippen LogP contribution in [0.4, 0.5) is 0 Å². The van der Waals surface area contributed by atoms with Crippen LogP contribution in [0.5, 0.6) is 0 Å². The molecule has 0 aliphatic heterocycles. The van der Waals surface area contributed by atoms with Crippen molar-refractivity contribution in [2.45, 2.75) is 59.5 Å². The molecule has 0 aromatic carbocycles. The average Bonchev–Trinajstić information content (AvgIpc) is 2.65. The number of halogens is 1. The van der Waals surface area contributed by atoms with E-state index in [-0.39, 0.29) is 0 Å². The molecular weight excluding hydrogens is 278 g/mol. The van der Waals surface area contributed by atoms with Gasteiger partial charge in [0, 0.05) is 19.0 Å². The Kier molecular flexibility index (Phi) is 6.20. The van der Waals surface area contributed by atoms with Crippen molar-refractivity contribution in [2.75, 3.05) is 6.54 Å². The lowest BCUT2D eigenvalue weighted by Gasteiger charge is -2.16. The molecule has 98 valence electrons. The van der Waals surface area contributed by atoms with Gasteiger partial charge in [-0.25, -0.2) is 0 Å². The Morgan fingerprint density at radius 1 is 1.29 bits per heavy atom. The Hall–Kier alpha value is -0.350. The Bertz CT molecular complexity index is 347. The number of rotatable bonds is 7. The quantitative estimate of drug-likeness (QED) is 0.838. The summed E-state index contributed by atoms with van der Waals surface area (Å²) in [6.07, 6.45) is 3.18. The minimum atomic E-state index is 0.544. The van der Waals surface area contributed by atoms with Crippen molar-refractivity contribution in [2.24, 2.45) is 0 Å². The van der Waals surface area contributed by atoms with Crippen LogP contribution in [0, 0.1) is 0 Å². The first-order valence-electron chi connectivity index (χ1n) is 6.65. The number of nitrogens with one attached hydrogen (secondary N) is 1. The average molecular weight is 302 g/mol. The van der Waals surface area contributed by atoms with Crippen molar-refractivity contribution >= 4 is 15.9 Å². The summed E-state index contributed by atoms with van der Waals surface area (Å²) in [4.78, 5) is 0. The molecule has 0 radical (unpaired) electrons. The van der Waals surface area contributed by atoms with Gasteiger partial charge in [0.15, 0.2) is 0 Å². The van der Waals surface area contributed by atoms with Crippen LogP contribution in [0.25, 0.3) is 0 Å². The zero-order valence-corrected chi connectivity index (χ0v) is 13.0. The molecule has 0 bridgehead atoms. The summed E-state index contributed by atoms with van der Waals surface area (Å²) in [7, 11) is 0. The number of aromatic nitrogens is 2. The molecule has 0 aliphatic rings. The molecule has 1 rings (SSSR count). The van der Waals surface area contributed by atoms with Gasteiger partial charge in [-0.05, 0) is 42.2 Å². The van der Waals surface area contributed by atoms with Gasteiger partial charge in [-0.15, -0.1) is 0 Å². The topological polar surface area (TPSA) is 29.9 Å². The molecular formula is C13H24BrN3. The third-order valence-electron chi connectivity index (χ3n) is 3.12. The van der Waals surface area contributed by atoms with Crippen LogP contribution in [-0.4, -0.2) is 22.4 Å². The molecule has 0 saturated carbocycles. The molecule has 0 amide bonds. The molecule has 1 unspecified atom stereocenters. The van der Waals surface area contributed by atoms with Gasteiger partial charge in [-0.2, -0.15) is 5.10 Å². The van der Waals surface area contributed by atoms with Crippen LogP contribution < -0.4 is 5.32 Å². The highest BCUT2D eigenvalue weighted by Crippen LogP contribution is 2.24. The Labute approximate surface area is 113 Å². The van der Waals surface area contributed by atoms with Gasteiger partial charge in [-0.1, -0.05) is 20.8 Å². The van der Waals surface area contributed by atoms with Gasteiger partial charge < -0.3 is 5.32 Å². The van der Waals surface area contributed by atoms with Crippen molar-refractivity contribution in [3.63, 3.8) is 0 Å². The summed E-state index contributed by atoms with van der Waals surface area (Å²) in [6, 6.07) is 0.544. The molecule has 0 spiro atoms. The molecule has 0 saturated heterocycles. The van der Waals surface area contributed by atoms with E-state index in [9.17, 15) is 0 Å². The maximum absolute atomic E-state index is 4.64. The van der Waals surface area contributed by atoms with Crippen LogP contribution in [0.1, 0.15) is 45.5 Å². The number of aryl methyl sites for hydroxylation is 2. The minimum Gasteiger partial charge on any atom is -0.314 e. The first-order chi connectivity index (χ1) is 8.17. The highest BCUT2D eigenvalue weighted by molar-refractivity contribution is 9.10. The molecule has 1 atom stereocenters. The Balaban J connectivity index is 2.91. The summed E-state index contributed by atoms with van der Waals surface area (Å²) < 4.78 is 3.33. The van der Waals surface area contributed by atoms with Crippen molar-refractivity contribution in [1.29, 1.82) is 0 Å². The highest BCUT2D eigenvalue weighted by atomic mass is 79.9. The van der Waals surface area contributed by atoms with Crippen LogP contribution in [0.15, 0.2) is 4.47 Å². The fourth-order valence-corrected chi connectivity index (χ4v) is 2.82. The number of nitrogens with zero attached hydrogens (tertiary/aromatic N) is 2. The van der Waals surface area contributed by atoms with Crippen LogP contribution in [-0.2, 0) is 19.4 Å². The van der Waals surface area contributed by atoms with Crippen LogP contribution in [0.3, 0.4) is 0 Å². The standard InChI is InChI=1S/C13H24BrN3/c1-5-10(15-7-3)9-12-13(14)11(6-2)16-17(12)8-4/h10,15H,5-9H2,1-4H3. The zero-order chi connectivity index (χ0) is 12.8. The molecule has 17 heavy (non-hydrogen) atoms. The Morgan fingerprint density at radius 2 is 2.00 bits per heavy atom. The van der Waals surface area contributed by atoms with Gasteiger partial charge in [0.2, 0.25) is 0 Å². The van der Waals surface area contributed by atoms with E-state index in [2.05, 4.69) is 58.7 Å². The summed E-state index contributed by atoms with van der Waals surface area (Å²) in [5, 5.41) is 8.16.